The highest BCUT2D eigenvalue weighted by atomic mass is 16.5. The van der Waals surface area contributed by atoms with Crippen LogP contribution in [0, 0.1) is 17.3 Å². The molecule has 1 saturated carbocycles. The first kappa shape index (κ1) is 24.8. The Hall–Kier alpha value is -3.35. The summed E-state index contributed by atoms with van der Waals surface area (Å²) >= 11 is 0. The molecule has 7 nitrogen and oxygen atoms in total. The molecule has 0 spiro atoms. The third-order valence-corrected chi connectivity index (χ3v) is 7.25. The third-order valence-electron chi connectivity index (χ3n) is 7.25. The van der Waals surface area contributed by atoms with Crippen LogP contribution in [0.4, 0.5) is 4.79 Å². The number of amides is 2. The summed E-state index contributed by atoms with van der Waals surface area (Å²) in [5.41, 5.74) is 4.14. The molecule has 3 N–H and O–H groups in total. The average molecular weight is 479 g/mol. The van der Waals surface area contributed by atoms with E-state index in [1.165, 1.54) is 11.1 Å². The summed E-state index contributed by atoms with van der Waals surface area (Å²) in [4.78, 5) is 36.4. The Bertz CT molecular complexity index is 1050. The standard InChI is InChI=1S/C28H34N2O5/c1-28(2,14-25(31)29-15-23(26(32)33)18-8-7-9-18)17-30-27(34)35-16-24-21-12-5-3-10-19(21)20-11-4-6-13-22(20)24/h3-6,10-13,18,23-24H,7-9,14-17H2,1-2H3,(H,29,31)(H,30,34)(H,32,33). The molecule has 2 aromatic carbocycles. The largest absolute Gasteiger partial charge is 0.481 e. The Kier molecular flexibility index (Phi) is 7.43. The van der Waals surface area contributed by atoms with Crippen molar-refractivity contribution in [3.05, 3.63) is 59.7 Å². The lowest BCUT2D eigenvalue weighted by molar-refractivity contribution is -0.144. The van der Waals surface area contributed by atoms with Crippen LogP contribution in [-0.2, 0) is 14.3 Å². The van der Waals surface area contributed by atoms with E-state index >= 15 is 0 Å². The number of carbonyl (C=O) groups excluding carboxylic acids is 2. The van der Waals surface area contributed by atoms with Crippen molar-refractivity contribution < 1.29 is 24.2 Å². The highest BCUT2D eigenvalue weighted by Gasteiger charge is 2.33. The number of carbonyl (C=O) groups is 3. The van der Waals surface area contributed by atoms with Crippen LogP contribution in [0.2, 0.25) is 0 Å². The monoisotopic (exact) mass is 478 g/mol. The molecule has 4 rings (SSSR count). The van der Waals surface area contributed by atoms with Gasteiger partial charge in [0.2, 0.25) is 5.91 Å². The number of fused-ring (bicyclic) bond motifs is 3. The molecule has 0 saturated heterocycles. The maximum Gasteiger partial charge on any atom is 0.407 e. The van der Waals surface area contributed by atoms with E-state index in [0.29, 0.717) is 0 Å². The number of hydrogen-bond donors (Lipinski definition) is 3. The summed E-state index contributed by atoms with van der Waals surface area (Å²) in [6.07, 6.45) is 2.52. The van der Waals surface area contributed by atoms with Crippen molar-refractivity contribution in [1.29, 1.82) is 0 Å². The fourth-order valence-electron chi connectivity index (χ4n) is 5.04. The Balaban J connectivity index is 1.24. The van der Waals surface area contributed by atoms with E-state index in [4.69, 9.17) is 4.74 Å². The van der Waals surface area contributed by atoms with Gasteiger partial charge in [0.1, 0.15) is 6.61 Å². The number of ether oxygens (including phenoxy) is 1. The number of carboxylic acids is 1. The van der Waals surface area contributed by atoms with Gasteiger partial charge in [-0.05, 0) is 46.4 Å². The molecule has 35 heavy (non-hydrogen) atoms. The Morgan fingerprint density at radius 3 is 2.14 bits per heavy atom. The van der Waals surface area contributed by atoms with Gasteiger partial charge in [-0.2, -0.15) is 0 Å². The van der Waals surface area contributed by atoms with Gasteiger partial charge in [0.15, 0.2) is 0 Å². The first-order valence-corrected chi connectivity index (χ1v) is 12.3. The second-order valence-electron chi connectivity index (χ2n) is 10.5. The fraction of sp³-hybridized carbons (Fsp3) is 0.464. The number of aliphatic carboxylic acids is 1. The molecule has 0 aliphatic heterocycles. The van der Waals surface area contributed by atoms with Crippen LogP contribution in [0.25, 0.3) is 11.1 Å². The second-order valence-corrected chi connectivity index (χ2v) is 10.5. The van der Waals surface area contributed by atoms with Gasteiger partial charge in [0, 0.05) is 25.4 Å². The molecule has 2 aromatic rings. The van der Waals surface area contributed by atoms with Crippen LogP contribution in [0.5, 0.6) is 0 Å². The number of alkyl carbamates (subject to hydrolysis) is 1. The lowest BCUT2D eigenvalue weighted by atomic mass is 9.76. The van der Waals surface area contributed by atoms with E-state index in [1.807, 2.05) is 38.1 Å². The van der Waals surface area contributed by atoms with Crippen molar-refractivity contribution >= 4 is 18.0 Å². The molecule has 0 radical (unpaired) electrons. The SMILES string of the molecule is CC(C)(CNC(=O)OCC1c2ccccc2-c2ccccc21)CC(=O)NCC(C(=O)O)C1CCC1. The van der Waals surface area contributed by atoms with E-state index in [9.17, 15) is 19.5 Å². The van der Waals surface area contributed by atoms with Crippen LogP contribution < -0.4 is 10.6 Å². The number of nitrogens with one attached hydrogen (secondary N) is 2. The first-order chi connectivity index (χ1) is 16.7. The summed E-state index contributed by atoms with van der Waals surface area (Å²) < 4.78 is 5.57. The normalized spacial score (nSPS) is 15.9. The molecule has 2 aliphatic carbocycles. The number of rotatable bonds is 10. The Morgan fingerprint density at radius 1 is 1.00 bits per heavy atom. The highest BCUT2D eigenvalue weighted by molar-refractivity contribution is 5.79. The van der Waals surface area contributed by atoms with Crippen molar-refractivity contribution in [3.63, 3.8) is 0 Å². The molecular weight excluding hydrogens is 444 g/mol. The van der Waals surface area contributed by atoms with Gasteiger partial charge in [-0.15, -0.1) is 0 Å². The first-order valence-electron chi connectivity index (χ1n) is 12.3. The van der Waals surface area contributed by atoms with Gasteiger partial charge in [0.25, 0.3) is 0 Å². The van der Waals surface area contributed by atoms with Gasteiger partial charge in [-0.3, -0.25) is 9.59 Å². The number of benzene rings is 2. The van der Waals surface area contributed by atoms with Crippen LogP contribution >= 0.6 is 0 Å². The van der Waals surface area contributed by atoms with E-state index in [1.54, 1.807) is 0 Å². The molecular formula is C28H34N2O5. The van der Waals surface area contributed by atoms with Crippen LogP contribution in [0.1, 0.15) is 56.6 Å². The zero-order valence-corrected chi connectivity index (χ0v) is 20.4. The van der Waals surface area contributed by atoms with Crippen LogP contribution in [0.15, 0.2) is 48.5 Å². The van der Waals surface area contributed by atoms with Crippen molar-refractivity contribution in [2.45, 2.75) is 45.4 Å². The molecule has 1 fully saturated rings. The van der Waals surface area contributed by atoms with Crippen molar-refractivity contribution in [3.8, 4) is 11.1 Å². The maximum atomic E-state index is 12.5. The molecule has 1 atom stereocenters. The predicted molar refractivity (Wildman–Crippen MR) is 133 cm³/mol. The number of hydrogen-bond acceptors (Lipinski definition) is 4. The minimum absolute atomic E-state index is 0.00946. The minimum atomic E-state index is -0.855. The summed E-state index contributed by atoms with van der Waals surface area (Å²) in [5, 5.41) is 15.0. The topological polar surface area (TPSA) is 105 Å². The summed E-state index contributed by atoms with van der Waals surface area (Å²) in [6.45, 7) is 4.42. The molecule has 2 aliphatic rings. The molecule has 0 aromatic heterocycles. The summed E-state index contributed by atoms with van der Waals surface area (Å²) in [5.74, 6) is -1.46. The lowest BCUT2D eigenvalue weighted by Gasteiger charge is -2.31. The lowest BCUT2D eigenvalue weighted by Crippen LogP contribution is -2.42. The van der Waals surface area contributed by atoms with E-state index in [-0.39, 0.29) is 43.9 Å². The smallest absolute Gasteiger partial charge is 0.407 e. The predicted octanol–water partition coefficient (Wildman–Crippen LogP) is 4.56. The van der Waals surface area contributed by atoms with E-state index in [0.717, 1.165) is 30.4 Å². The van der Waals surface area contributed by atoms with Crippen LogP contribution in [-0.4, -0.2) is 42.8 Å². The van der Waals surface area contributed by atoms with Gasteiger partial charge in [0.05, 0.1) is 5.92 Å². The Morgan fingerprint density at radius 2 is 1.60 bits per heavy atom. The van der Waals surface area contributed by atoms with Gasteiger partial charge >= 0.3 is 12.1 Å². The summed E-state index contributed by atoms with van der Waals surface area (Å²) in [6, 6.07) is 16.3. The molecule has 0 bridgehead atoms. The Labute approximate surface area is 206 Å². The zero-order valence-electron chi connectivity index (χ0n) is 20.4. The highest BCUT2D eigenvalue weighted by Crippen LogP contribution is 2.44. The van der Waals surface area contributed by atoms with Gasteiger partial charge in [-0.25, -0.2) is 4.79 Å². The molecule has 1 unspecified atom stereocenters. The third kappa shape index (κ3) is 5.84. The van der Waals surface area contributed by atoms with E-state index in [2.05, 4.69) is 34.9 Å². The van der Waals surface area contributed by atoms with Crippen LogP contribution in [0.3, 0.4) is 0 Å². The fourth-order valence-corrected chi connectivity index (χ4v) is 5.04. The average Bonchev–Trinajstić information content (AvgIpc) is 3.11. The quantitative estimate of drug-likeness (QED) is 0.464. The van der Waals surface area contributed by atoms with Crippen molar-refractivity contribution in [2.24, 2.45) is 17.3 Å². The summed E-state index contributed by atoms with van der Waals surface area (Å²) in [7, 11) is 0. The molecule has 186 valence electrons. The van der Waals surface area contributed by atoms with Crippen molar-refractivity contribution in [1.82, 2.24) is 10.6 Å². The molecule has 7 heteroatoms. The van der Waals surface area contributed by atoms with E-state index < -0.39 is 23.4 Å². The maximum absolute atomic E-state index is 12.5. The van der Waals surface area contributed by atoms with Gasteiger partial charge in [-0.1, -0.05) is 68.8 Å². The van der Waals surface area contributed by atoms with Gasteiger partial charge < -0.3 is 20.5 Å². The molecule has 0 heterocycles. The molecule has 2 amide bonds. The minimum Gasteiger partial charge on any atom is -0.481 e. The van der Waals surface area contributed by atoms with Crippen molar-refractivity contribution in [2.75, 3.05) is 19.7 Å². The second kappa shape index (κ2) is 10.5. The zero-order chi connectivity index (χ0) is 25.0. The number of carboxylic acid groups (broad SMARTS) is 1.